The highest BCUT2D eigenvalue weighted by molar-refractivity contribution is 9.10. The monoisotopic (exact) mass is 357 g/mol. The van der Waals surface area contributed by atoms with Crippen LogP contribution in [0.5, 0.6) is 11.5 Å². The number of phenols is 1. The molecule has 21 heavy (non-hydrogen) atoms. The maximum Gasteiger partial charge on any atom is 0.172 e. The molecule has 2 rings (SSSR count). The molecule has 1 fully saturated rings. The van der Waals surface area contributed by atoms with Crippen LogP contribution in [-0.2, 0) is 6.54 Å². The molecule has 0 spiro atoms. The van der Waals surface area contributed by atoms with Gasteiger partial charge in [-0.3, -0.25) is 4.90 Å². The summed E-state index contributed by atoms with van der Waals surface area (Å²) in [6, 6.07) is 4.32. The third kappa shape index (κ3) is 4.32. The smallest absolute Gasteiger partial charge is 0.172 e. The Hall–Kier alpha value is -0.820. The normalized spacial score (nSPS) is 20.7. The lowest BCUT2D eigenvalue weighted by atomic mass is 10.1. The van der Waals surface area contributed by atoms with Crippen molar-refractivity contribution < 1.29 is 9.84 Å². The first-order valence-corrected chi connectivity index (χ1v) is 7.95. The van der Waals surface area contributed by atoms with E-state index in [9.17, 15) is 5.11 Å². The van der Waals surface area contributed by atoms with Crippen molar-refractivity contribution in [1.29, 1.82) is 0 Å². The van der Waals surface area contributed by atoms with Gasteiger partial charge in [-0.1, -0.05) is 0 Å². The molecule has 2 N–H and O–H groups in total. The molecule has 1 heterocycles. The minimum absolute atomic E-state index is 0.148. The van der Waals surface area contributed by atoms with E-state index in [-0.39, 0.29) is 5.75 Å². The molecule has 1 aromatic carbocycles. The van der Waals surface area contributed by atoms with Gasteiger partial charge in [0.25, 0.3) is 0 Å². The van der Waals surface area contributed by atoms with E-state index in [1.807, 2.05) is 12.1 Å². The van der Waals surface area contributed by atoms with Crippen LogP contribution in [0.4, 0.5) is 0 Å². The summed E-state index contributed by atoms with van der Waals surface area (Å²) < 4.78 is 5.83. The zero-order chi connectivity index (χ0) is 15.4. The molecule has 5 nitrogen and oxygen atoms in total. The quantitative estimate of drug-likeness (QED) is 0.836. The maximum absolute atomic E-state index is 9.81. The molecule has 0 bridgehead atoms. The van der Waals surface area contributed by atoms with Gasteiger partial charge in [0.05, 0.1) is 11.6 Å². The Kier molecular flexibility index (Phi) is 5.87. The van der Waals surface area contributed by atoms with Gasteiger partial charge in [-0.15, -0.1) is 0 Å². The molecule has 0 radical (unpaired) electrons. The number of likely N-dealkylation sites (N-methyl/N-ethyl adjacent to an activating group) is 2. The summed E-state index contributed by atoms with van der Waals surface area (Å²) in [5, 5.41) is 13.3. The summed E-state index contributed by atoms with van der Waals surface area (Å²) in [4.78, 5) is 4.77. The third-order valence-electron chi connectivity index (χ3n) is 4.00. The second kappa shape index (κ2) is 7.45. The van der Waals surface area contributed by atoms with Gasteiger partial charge >= 0.3 is 0 Å². The molecule has 1 saturated heterocycles. The van der Waals surface area contributed by atoms with Crippen molar-refractivity contribution in [3.63, 3.8) is 0 Å². The van der Waals surface area contributed by atoms with E-state index in [1.54, 1.807) is 7.11 Å². The molecule has 6 heteroatoms. The number of halogens is 1. The van der Waals surface area contributed by atoms with Crippen molar-refractivity contribution in [2.24, 2.45) is 0 Å². The average molecular weight is 358 g/mol. The van der Waals surface area contributed by atoms with Gasteiger partial charge in [0.2, 0.25) is 0 Å². The summed E-state index contributed by atoms with van der Waals surface area (Å²) in [6.07, 6.45) is 0. The lowest BCUT2D eigenvalue weighted by molar-refractivity contribution is 0.113. The van der Waals surface area contributed by atoms with Gasteiger partial charge in [-0.2, -0.15) is 0 Å². The van der Waals surface area contributed by atoms with E-state index in [0.717, 1.165) is 38.3 Å². The Labute approximate surface area is 135 Å². The molecule has 1 aliphatic rings. The SMILES string of the molecule is COc1cc(CNCC2CN(C)CCN2C)cc(Br)c1O. The lowest BCUT2D eigenvalue weighted by Gasteiger charge is -2.37. The fourth-order valence-corrected chi connectivity index (χ4v) is 3.08. The van der Waals surface area contributed by atoms with Gasteiger partial charge < -0.3 is 20.1 Å². The molecule has 0 aliphatic carbocycles. The van der Waals surface area contributed by atoms with Crippen LogP contribution >= 0.6 is 15.9 Å². The number of benzene rings is 1. The Morgan fingerprint density at radius 2 is 2.14 bits per heavy atom. The Morgan fingerprint density at radius 1 is 1.38 bits per heavy atom. The molecule has 118 valence electrons. The van der Waals surface area contributed by atoms with Crippen molar-refractivity contribution >= 4 is 15.9 Å². The molecule has 1 aliphatic heterocycles. The van der Waals surface area contributed by atoms with Crippen molar-refractivity contribution in [3.05, 3.63) is 22.2 Å². The first kappa shape index (κ1) is 16.5. The summed E-state index contributed by atoms with van der Waals surface area (Å²) in [7, 11) is 5.91. The number of nitrogens with zero attached hydrogens (tertiary/aromatic N) is 2. The van der Waals surface area contributed by atoms with Gasteiger partial charge in [0.15, 0.2) is 11.5 Å². The van der Waals surface area contributed by atoms with E-state index >= 15 is 0 Å². The largest absolute Gasteiger partial charge is 0.503 e. The highest BCUT2D eigenvalue weighted by Gasteiger charge is 2.21. The van der Waals surface area contributed by atoms with Crippen LogP contribution < -0.4 is 10.1 Å². The number of rotatable bonds is 5. The third-order valence-corrected chi connectivity index (χ3v) is 4.60. The maximum atomic E-state index is 9.81. The molecular weight excluding hydrogens is 334 g/mol. The molecular formula is C15H24BrN3O2. The van der Waals surface area contributed by atoms with E-state index in [0.29, 0.717) is 16.3 Å². The molecule has 0 amide bonds. The fourth-order valence-electron chi connectivity index (χ4n) is 2.59. The number of piperazine rings is 1. The molecule has 0 saturated carbocycles. The first-order chi connectivity index (χ1) is 10.0. The van der Waals surface area contributed by atoms with Crippen molar-refractivity contribution in [1.82, 2.24) is 15.1 Å². The zero-order valence-corrected chi connectivity index (χ0v) is 14.5. The standard InChI is InChI=1S/C15H24BrN3O2/c1-18-4-5-19(2)12(10-18)9-17-8-11-6-13(16)15(20)14(7-11)21-3/h6-7,12,17,20H,4-5,8-10H2,1-3H3. The van der Waals surface area contributed by atoms with Crippen molar-refractivity contribution in [3.8, 4) is 11.5 Å². The molecule has 1 unspecified atom stereocenters. The number of ether oxygens (including phenoxy) is 1. The predicted octanol–water partition coefficient (Wildman–Crippen LogP) is 1.50. The first-order valence-electron chi connectivity index (χ1n) is 7.16. The van der Waals surface area contributed by atoms with E-state index in [1.165, 1.54) is 0 Å². The van der Waals surface area contributed by atoms with Crippen LogP contribution in [-0.4, -0.2) is 68.3 Å². The summed E-state index contributed by atoms with van der Waals surface area (Å²) >= 11 is 3.35. The van der Waals surface area contributed by atoms with Crippen LogP contribution in [0.2, 0.25) is 0 Å². The Balaban J connectivity index is 1.90. The highest BCUT2D eigenvalue weighted by Crippen LogP contribution is 2.35. The van der Waals surface area contributed by atoms with Crippen LogP contribution in [0.3, 0.4) is 0 Å². The minimum atomic E-state index is 0.148. The lowest BCUT2D eigenvalue weighted by Crippen LogP contribution is -2.53. The number of hydrogen-bond donors (Lipinski definition) is 2. The molecule has 1 atom stereocenters. The van der Waals surface area contributed by atoms with Gasteiger partial charge in [0.1, 0.15) is 0 Å². The summed E-state index contributed by atoms with van der Waals surface area (Å²) in [5.41, 5.74) is 1.09. The Morgan fingerprint density at radius 3 is 2.86 bits per heavy atom. The number of nitrogens with one attached hydrogen (secondary N) is 1. The average Bonchev–Trinajstić information content (AvgIpc) is 2.46. The van der Waals surface area contributed by atoms with Crippen LogP contribution in [0.15, 0.2) is 16.6 Å². The van der Waals surface area contributed by atoms with Gasteiger partial charge in [-0.05, 0) is 47.7 Å². The van der Waals surface area contributed by atoms with E-state index in [2.05, 4.69) is 45.1 Å². The van der Waals surface area contributed by atoms with Crippen LogP contribution in [0, 0.1) is 0 Å². The van der Waals surface area contributed by atoms with Crippen molar-refractivity contribution in [2.45, 2.75) is 12.6 Å². The second-order valence-electron chi connectivity index (χ2n) is 5.66. The number of hydrogen-bond acceptors (Lipinski definition) is 5. The molecule has 1 aromatic rings. The van der Waals surface area contributed by atoms with Crippen molar-refractivity contribution in [2.75, 3.05) is 47.4 Å². The van der Waals surface area contributed by atoms with E-state index < -0.39 is 0 Å². The van der Waals surface area contributed by atoms with Crippen LogP contribution in [0.25, 0.3) is 0 Å². The summed E-state index contributed by atoms with van der Waals surface area (Å²) in [6.45, 7) is 5.04. The number of methoxy groups -OCH3 is 1. The molecule has 0 aromatic heterocycles. The summed E-state index contributed by atoms with van der Waals surface area (Å²) in [5.74, 6) is 0.644. The van der Waals surface area contributed by atoms with E-state index in [4.69, 9.17) is 4.74 Å². The fraction of sp³-hybridized carbons (Fsp3) is 0.600. The second-order valence-corrected chi connectivity index (χ2v) is 6.51. The zero-order valence-electron chi connectivity index (χ0n) is 12.9. The Bertz CT molecular complexity index is 484. The minimum Gasteiger partial charge on any atom is -0.503 e. The van der Waals surface area contributed by atoms with Crippen LogP contribution in [0.1, 0.15) is 5.56 Å². The topological polar surface area (TPSA) is 48.0 Å². The highest BCUT2D eigenvalue weighted by atomic mass is 79.9. The van der Waals surface area contributed by atoms with Gasteiger partial charge in [-0.25, -0.2) is 0 Å². The van der Waals surface area contributed by atoms with Gasteiger partial charge in [0, 0.05) is 38.8 Å². The number of phenolic OH excluding ortho intramolecular Hbond substituents is 1. The predicted molar refractivity (Wildman–Crippen MR) is 88.0 cm³/mol. The number of aromatic hydroxyl groups is 1.